The lowest BCUT2D eigenvalue weighted by Gasteiger charge is -2.24. The van der Waals surface area contributed by atoms with Crippen molar-refractivity contribution in [3.05, 3.63) is 35.4 Å². The smallest absolute Gasteiger partial charge is 0.416 e. The Kier molecular flexibility index (Phi) is 3.32. The first-order chi connectivity index (χ1) is 8.73. The van der Waals surface area contributed by atoms with E-state index in [2.05, 4.69) is 0 Å². The molecule has 1 N–H and O–H groups in total. The maximum Gasteiger partial charge on any atom is 0.416 e. The first kappa shape index (κ1) is 13.9. The van der Waals surface area contributed by atoms with Gasteiger partial charge in [0.2, 0.25) is 0 Å². The van der Waals surface area contributed by atoms with Crippen molar-refractivity contribution in [1.82, 2.24) is 0 Å². The van der Waals surface area contributed by atoms with E-state index in [0.29, 0.717) is 5.56 Å². The van der Waals surface area contributed by atoms with Gasteiger partial charge in [0.1, 0.15) is 0 Å². The summed E-state index contributed by atoms with van der Waals surface area (Å²) in [5.74, 6) is -0.748. The first-order valence-electron chi connectivity index (χ1n) is 6.13. The molecule has 0 radical (unpaired) electrons. The fraction of sp³-hybridized carbons (Fsp3) is 0.500. The van der Waals surface area contributed by atoms with E-state index in [4.69, 9.17) is 0 Å². The van der Waals surface area contributed by atoms with Crippen molar-refractivity contribution in [3.8, 4) is 0 Å². The number of hydrogen-bond acceptors (Lipinski definition) is 1. The molecule has 0 spiro atoms. The van der Waals surface area contributed by atoms with Crippen LogP contribution in [0.5, 0.6) is 0 Å². The molecule has 1 unspecified atom stereocenters. The van der Waals surface area contributed by atoms with Crippen LogP contribution in [0.15, 0.2) is 24.3 Å². The third-order valence-electron chi connectivity index (χ3n) is 3.82. The Bertz CT molecular complexity index is 474. The van der Waals surface area contributed by atoms with E-state index in [0.717, 1.165) is 25.0 Å². The fourth-order valence-electron chi connectivity index (χ4n) is 2.35. The predicted octanol–water partition coefficient (Wildman–Crippen LogP) is 3.75. The lowest BCUT2D eigenvalue weighted by Crippen LogP contribution is -2.32. The maximum absolute atomic E-state index is 12.4. The highest BCUT2D eigenvalue weighted by atomic mass is 19.4. The number of carbonyl (C=O) groups is 1. The lowest BCUT2D eigenvalue weighted by molar-refractivity contribution is -0.149. The number of aliphatic carboxylic acids is 1. The van der Waals surface area contributed by atoms with Gasteiger partial charge in [0, 0.05) is 0 Å². The van der Waals surface area contributed by atoms with E-state index >= 15 is 0 Å². The number of carboxylic acid groups (broad SMARTS) is 1. The van der Waals surface area contributed by atoms with Crippen LogP contribution in [-0.2, 0) is 17.4 Å². The third kappa shape index (κ3) is 2.91. The molecule has 0 amide bonds. The highest BCUT2D eigenvalue weighted by Crippen LogP contribution is 2.47. The highest BCUT2D eigenvalue weighted by molar-refractivity contribution is 5.75. The van der Waals surface area contributed by atoms with Gasteiger partial charge in [-0.2, -0.15) is 13.2 Å². The van der Waals surface area contributed by atoms with Crippen molar-refractivity contribution in [2.75, 3.05) is 0 Å². The Labute approximate surface area is 109 Å². The summed E-state index contributed by atoms with van der Waals surface area (Å²) in [5.41, 5.74) is -0.954. The van der Waals surface area contributed by atoms with E-state index < -0.39 is 23.1 Å². The molecule has 5 heteroatoms. The van der Waals surface area contributed by atoms with Crippen LogP contribution in [-0.4, -0.2) is 11.1 Å². The van der Waals surface area contributed by atoms with Gasteiger partial charge in [-0.15, -0.1) is 0 Å². The largest absolute Gasteiger partial charge is 0.481 e. The highest BCUT2D eigenvalue weighted by Gasteiger charge is 2.47. The van der Waals surface area contributed by atoms with E-state index in [-0.39, 0.29) is 12.3 Å². The van der Waals surface area contributed by atoms with Gasteiger partial charge in [-0.1, -0.05) is 12.1 Å². The van der Waals surface area contributed by atoms with Crippen LogP contribution in [0.1, 0.15) is 30.9 Å². The Balaban J connectivity index is 2.17. The van der Waals surface area contributed by atoms with E-state index in [1.54, 1.807) is 6.92 Å². The van der Waals surface area contributed by atoms with Gasteiger partial charge in [-0.05, 0) is 49.8 Å². The molecule has 0 aromatic heterocycles. The quantitative estimate of drug-likeness (QED) is 0.906. The monoisotopic (exact) mass is 272 g/mol. The summed E-state index contributed by atoms with van der Waals surface area (Å²) in [4.78, 5) is 11.4. The van der Waals surface area contributed by atoms with Crippen molar-refractivity contribution in [1.29, 1.82) is 0 Å². The number of alkyl halides is 3. The maximum atomic E-state index is 12.4. The summed E-state index contributed by atoms with van der Waals surface area (Å²) >= 11 is 0. The molecule has 1 aliphatic rings. The van der Waals surface area contributed by atoms with Crippen molar-refractivity contribution in [2.45, 2.75) is 32.4 Å². The van der Waals surface area contributed by atoms with Crippen LogP contribution in [0.3, 0.4) is 0 Å². The normalized spacial score (nSPS) is 18.9. The van der Waals surface area contributed by atoms with Gasteiger partial charge >= 0.3 is 12.1 Å². The SMILES string of the molecule is CC(Cc1ccc(C(F)(F)F)cc1)(C(=O)O)C1CC1. The van der Waals surface area contributed by atoms with Crippen LogP contribution >= 0.6 is 0 Å². The molecular formula is C14H15F3O2. The number of benzene rings is 1. The van der Waals surface area contributed by atoms with Crippen molar-refractivity contribution in [3.63, 3.8) is 0 Å². The molecule has 1 aromatic carbocycles. The van der Waals surface area contributed by atoms with E-state index in [9.17, 15) is 23.1 Å². The van der Waals surface area contributed by atoms with Gasteiger partial charge < -0.3 is 5.11 Å². The summed E-state index contributed by atoms with van der Waals surface area (Å²) < 4.78 is 37.3. The topological polar surface area (TPSA) is 37.3 Å². The van der Waals surface area contributed by atoms with Crippen molar-refractivity contribution >= 4 is 5.97 Å². The van der Waals surface area contributed by atoms with Crippen molar-refractivity contribution < 1.29 is 23.1 Å². The zero-order valence-electron chi connectivity index (χ0n) is 10.5. The average Bonchev–Trinajstić information content (AvgIpc) is 3.12. The second-order valence-electron chi connectivity index (χ2n) is 5.37. The van der Waals surface area contributed by atoms with Gasteiger partial charge in [0.25, 0.3) is 0 Å². The van der Waals surface area contributed by atoms with Crippen LogP contribution in [0, 0.1) is 11.3 Å². The first-order valence-corrected chi connectivity index (χ1v) is 6.13. The van der Waals surface area contributed by atoms with Crippen LogP contribution in [0.4, 0.5) is 13.2 Å². The van der Waals surface area contributed by atoms with Gasteiger partial charge in [-0.3, -0.25) is 4.79 Å². The molecule has 104 valence electrons. The average molecular weight is 272 g/mol. The van der Waals surface area contributed by atoms with E-state index in [1.165, 1.54) is 12.1 Å². The molecular weight excluding hydrogens is 257 g/mol. The summed E-state index contributed by atoms with van der Waals surface area (Å²) in [7, 11) is 0. The number of halogens is 3. The third-order valence-corrected chi connectivity index (χ3v) is 3.82. The fourth-order valence-corrected chi connectivity index (χ4v) is 2.35. The van der Waals surface area contributed by atoms with Crippen molar-refractivity contribution in [2.24, 2.45) is 11.3 Å². The second-order valence-corrected chi connectivity index (χ2v) is 5.37. The zero-order chi connectivity index (χ0) is 14.3. The lowest BCUT2D eigenvalue weighted by atomic mass is 9.79. The van der Waals surface area contributed by atoms with Gasteiger partial charge in [0.05, 0.1) is 11.0 Å². The molecule has 2 rings (SSSR count). The molecule has 2 nitrogen and oxygen atoms in total. The number of rotatable bonds is 4. The standard InChI is InChI=1S/C14H15F3O2/c1-13(12(18)19,10-6-7-10)8-9-2-4-11(5-3-9)14(15,16)17/h2-5,10H,6-8H2,1H3,(H,18,19). The molecule has 1 saturated carbocycles. The molecule has 0 bridgehead atoms. The van der Waals surface area contributed by atoms with Gasteiger partial charge in [0.15, 0.2) is 0 Å². The molecule has 0 heterocycles. The van der Waals surface area contributed by atoms with Crippen LogP contribution in [0.25, 0.3) is 0 Å². The zero-order valence-corrected chi connectivity index (χ0v) is 10.5. The number of carboxylic acids is 1. The predicted molar refractivity (Wildman–Crippen MR) is 63.6 cm³/mol. The van der Waals surface area contributed by atoms with Gasteiger partial charge in [-0.25, -0.2) is 0 Å². The summed E-state index contributed by atoms with van der Waals surface area (Å²) in [5, 5.41) is 9.31. The Hall–Kier alpha value is -1.52. The minimum absolute atomic E-state index is 0.132. The van der Waals surface area contributed by atoms with E-state index in [1.807, 2.05) is 0 Å². The minimum atomic E-state index is -4.36. The molecule has 1 fully saturated rings. The van der Waals surface area contributed by atoms with Crippen LogP contribution in [0.2, 0.25) is 0 Å². The Morgan fingerprint density at radius 1 is 1.26 bits per heavy atom. The minimum Gasteiger partial charge on any atom is -0.481 e. The number of hydrogen-bond donors (Lipinski definition) is 1. The molecule has 1 aromatic rings. The molecule has 1 atom stereocenters. The van der Waals surface area contributed by atoms with Crippen LogP contribution < -0.4 is 0 Å². The molecule has 0 saturated heterocycles. The summed E-state index contributed by atoms with van der Waals surface area (Å²) in [6.45, 7) is 1.67. The molecule has 0 aliphatic heterocycles. The second kappa shape index (κ2) is 4.54. The summed E-state index contributed by atoms with van der Waals surface area (Å²) in [6, 6.07) is 4.74. The Morgan fingerprint density at radius 2 is 1.79 bits per heavy atom. The molecule has 1 aliphatic carbocycles. The molecule has 19 heavy (non-hydrogen) atoms. The Morgan fingerprint density at radius 3 is 2.16 bits per heavy atom. The summed E-state index contributed by atoms with van der Waals surface area (Å²) in [6.07, 6.45) is -2.33.